The molecule has 3 rings (SSSR count). The summed E-state index contributed by atoms with van der Waals surface area (Å²) in [5.41, 5.74) is 8.17. The second-order valence-corrected chi connectivity index (χ2v) is 5.86. The van der Waals surface area contributed by atoms with Crippen LogP contribution < -0.4 is 5.73 Å². The Morgan fingerprint density at radius 1 is 1.38 bits per heavy atom. The zero-order valence-electron chi connectivity index (χ0n) is 12.8. The predicted molar refractivity (Wildman–Crippen MR) is 92.4 cm³/mol. The zero-order chi connectivity index (χ0) is 16.6. The Morgan fingerprint density at radius 3 is 2.83 bits per heavy atom. The minimum Gasteiger partial charge on any atom is -0.507 e. The molecule has 2 heterocycles. The molecule has 2 aromatic rings. The van der Waals surface area contributed by atoms with E-state index in [9.17, 15) is 15.0 Å². The number of phenolic OH excluding ortho intramolecular Hbond substituents is 2. The fourth-order valence-electron chi connectivity index (χ4n) is 2.75. The van der Waals surface area contributed by atoms with Crippen LogP contribution in [-0.4, -0.2) is 44.3 Å². The molecule has 0 radical (unpaired) electrons. The highest BCUT2D eigenvalue weighted by atomic mass is 35.5. The first kappa shape index (κ1) is 18.4. The first-order chi connectivity index (χ1) is 11.0. The third-order valence-electron chi connectivity index (χ3n) is 3.96. The minimum absolute atomic E-state index is 0. The van der Waals surface area contributed by atoms with E-state index in [1.54, 1.807) is 4.90 Å². The highest BCUT2D eigenvalue weighted by Gasteiger charge is 2.26. The highest BCUT2D eigenvalue weighted by Crippen LogP contribution is 2.39. The van der Waals surface area contributed by atoms with Crippen molar-refractivity contribution in [2.24, 2.45) is 5.73 Å². The van der Waals surface area contributed by atoms with Crippen molar-refractivity contribution in [1.29, 1.82) is 0 Å². The number of aromatic nitrogens is 2. The molecule has 1 aliphatic rings. The van der Waals surface area contributed by atoms with Crippen molar-refractivity contribution in [3.05, 3.63) is 28.4 Å². The number of hydrogen-bond acceptors (Lipinski definition) is 5. The van der Waals surface area contributed by atoms with Crippen LogP contribution in [0.1, 0.15) is 17.7 Å². The summed E-state index contributed by atoms with van der Waals surface area (Å²) in [5, 5.41) is 27.0. The Morgan fingerprint density at radius 2 is 2.12 bits per heavy atom. The monoisotopic (exact) mass is 372 g/mol. The molecular weight excluding hydrogens is 355 g/mol. The van der Waals surface area contributed by atoms with Crippen LogP contribution in [0.4, 0.5) is 0 Å². The third-order valence-corrected chi connectivity index (χ3v) is 4.27. The molecule has 0 fully saturated rings. The summed E-state index contributed by atoms with van der Waals surface area (Å²) < 4.78 is 0. The molecule has 0 saturated carbocycles. The second-order valence-electron chi connectivity index (χ2n) is 5.45. The van der Waals surface area contributed by atoms with Crippen LogP contribution in [0.3, 0.4) is 0 Å². The second kappa shape index (κ2) is 7.29. The van der Waals surface area contributed by atoms with Gasteiger partial charge in [0.2, 0.25) is 5.91 Å². The van der Waals surface area contributed by atoms with E-state index in [2.05, 4.69) is 10.2 Å². The molecule has 1 aromatic carbocycles. The number of aromatic hydroxyl groups is 2. The van der Waals surface area contributed by atoms with Crippen LogP contribution >= 0.6 is 24.0 Å². The number of hydrogen-bond donors (Lipinski definition) is 4. The topological polar surface area (TPSA) is 115 Å². The lowest BCUT2D eigenvalue weighted by Gasteiger charge is -2.27. The summed E-state index contributed by atoms with van der Waals surface area (Å²) in [6.07, 6.45) is 0.962. The van der Waals surface area contributed by atoms with Crippen LogP contribution in [0, 0.1) is 0 Å². The summed E-state index contributed by atoms with van der Waals surface area (Å²) >= 11 is 5.93. The average Bonchev–Trinajstić information content (AvgIpc) is 2.94. The van der Waals surface area contributed by atoms with Gasteiger partial charge in [-0.25, -0.2) is 0 Å². The molecular formula is C15H18Cl2N4O3. The molecule has 0 unspecified atom stereocenters. The maximum Gasteiger partial charge on any atom is 0.224 e. The predicted octanol–water partition coefficient (Wildman–Crippen LogP) is 1.80. The van der Waals surface area contributed by atoms with Gasteiger partial charge in [-0.3, -0.25) is 9.89 Å². The number of nitrogens with one attached hydrogen (secondary N) is 1. The Kier molecular flexibility index (Phi) is 5.58. The van der Waals surface area contributed by atoms with Gasteiger partial charge in [-0.05, 0) is 6.07 Å². The molecule has 24 heavy (non-hydrogen) atoms. The first-order valence-electron chi connectivity index (χ1n) is 7.27. The lowest BCUT2D eigenvalue weighted by atomic mass is 10.00. The third kappa shape index (κ3) is 3.28. The Hall–Kier alpha value is -1.96. The van der Waals surface area contributed by atoms with E-state index in [-0.39, 0.29) is 34.8 Å². The van der Waals surface area contributed by atoms with E-state index in [0.29, 0.717) is 43.7 Å². The van der Waals surface area contributed by atoms with Gasteiger partial charge in [0.05, 0.1) is 5.02 Å². The summed E-state index contributed by atoms with van der Waals surface area (Å²) in [4.78, 5) is 13.8. The molecule has 0 saturated heterocycles. The molecule has 1 aromatic heterocycles. The molecule has 0 spiro atoms. The number of nitrogens with zero attached hydrogens (tertiary/aromatic N) is 2. The Labute approximate surface area is 149 Å². The molecule has 0 bridgehead atoms. The number of phenols is 2. The lowest BCUT2D eigenvalue weighted by molar-refractivity contribution is -0.131. The van der Waals surface area contributed by atoms with Crippen molar-refractivity contribution in [1.82, 2.24) is 15.1 Å². The van der Waals surface area contributed by atoms with Gasteiger partial charge < -0.3 is 20.8 Å². The molecule has 7 nitrogen and oxygen atoms in total. The van der Waals surface area contributed by atoms with Gasteiger partial charge in [0.15, 0.2) is 0 Å². The van der Waals surface area contributed by atoms with E-state index in [0.717, 1.165) is 11.3 Å². The number of halogens is 2. The summed E-state index contributed by atoms with van der Waals surface area (Å²) in [6.45, 7) is 1.32. The Bertz CT molecular complexity index is 763. The van der Waals surface area contributed by atoms with Crippen LogP contribution in [0.2, 0.25) is 5.02 Å². The SMILES string of the molecule is Cl.NCCC(=O)N1CCc2[nH]nc(-c3cc(Cl)c(O)cc3O)c2C1. The van der Waals surface area contributed by atoms with Gasteiger partial charge in [0.1, 0.15) is 17.2 Å². The van der Waals surface area contributed by atoms with Crippen molar-refractivity contribution in [2.45, 2.75) is 19.4 Å². The van der Waals surface area contributed by atoms with Crippen molar-refractivity contribution in [3.8, 4) is 22.8 Å². The number of amides is 1. The number of fused-ring (bicyclic) bond motifs is 1. The van der Waals surface area contributed by atoms with Gasteiger partial charge >= 0.3 is 0 Å². The minimum atomic E-state index is -0.197. The summed E-state index contributed by atoms with van der Waals surface area (Å²) in [6, 6.07) is 2.64. The largest absolute Gasteiger partial charge is 0.507 e. The van der Waals surface area contributed by atoms with Crippen molar-refractivity contribution >= 4 is 29.9 Å². The van der Waals surface area contributed by atoms with Crippen LogP contribution in [0.25, 0.3) is 11.3 Å². The van der Waals surface area contributed by atoms with E-state index in [4.69, 9.17) is 17.3 Å². The van der Waals surface area contributed by atoms with Crippen molar-refractivity contribution in [2.75, 3.05) is 13.1 Å². The average molecular weight is 373 g/mol. The molecule has 5 N–H and O–H groups in total. The molecule has 130 valence electrons. The highest BCUT2D eigenvalue weighted by molar-refractivity contribution is 6.32. The summed E-state index contributed by atoms with van der Waals surface area (Å²) in [7, 11) is 0. The standard InChI is InChI=1S/C15H17ClN4O3.ClH/c16-10-5-8(12(21)6-13(10)22)15-9-7-20(14(23)1-3-17)4-2-11(9)18-19-15;/h5-6,21-22H,1-4,7,17H2,(H,18,19);1H. The lowest BCUT2D eigenvalue weighted by Crippen LogP contribution is -2.36. The van der Waals surface area contributed by atoms with E-state index < -0.39 is 0 Å². The van der Waals surface area contributed by atoms with Gasteiger partial charge in [0, 0.05) is 55.4 Å². The molecule has 0 aliphatic carbocycles. The number of aromatic amines is 1. The molecule has 1 aliphatic heterocycles. The van der Waals surface area contributed by atoms with Gasteiger partial charge in [-0.15, -0.1) is 12.4 Å². The number of rotatable bonds is 3. The fraction of sp³-hybridized carbons (Fsp3) is 0.333. The van der Waals surface area contributed by atoms with Gasteiger partial charge in [-0.1, -0.05) is 11.6 Å². The quantitative estimate of drug-likeness (QED) is 0.655. The van der Waals surface area contributed by atoms with Crippen LogP contribution in [0.15, 0.2) is 12.1 Å². The molecule has 0 atom stereocenters. The number of nitrogens with two attached hydrogens (primary N) is 1. The van der Waals surface area contributed by atoms with Crippen LogP contribution in [-0.2, 0) is 17.8 Å². The van der Waals surface area contributed by atoms with Crippen molar-refractivity contribution in [3.63, 3.8) is 0 Å². The normalized spacial score (nSPS) is 13.3. The maximum atomic E-state index is 12.1. The van der Waals surface area contributed by atoms with E-state index in [1.165, 1.54) is 12.1 Å². The Balaban J connectivity index is 0.00000208. The number of H-pyrrole nitrogens is 1. The first-order valence-corrected chi connectivity index (χ1v) is 7.65. The molecule has 1 amide bonds. The maximum absolute atomic E-state index is 12.1. The van der Waals surface area contributed by atoms with Crippen molar-refractivity contribution < 1.29 is 15.0 Å². The fourth-order valence-corrected chi connectivity index (χ4v) is 2.92. The van der Waals surface area contributed by atoms with E-state index in [1.807, 2.05) is 0 Å². The number of carbonyl (C=O) groups excluding carboxylic acids is 1. The molecule has 9 heteroatoms. The van der Waals surface area contributed by atoms with Gasteiger partial charge in [0.25, 0.3) is 0 Å². The smallest absolute Gasteiger partial charge is 0.224 e. The number of carbonyl (C=O) groups is 1. The summed E-state index contributed by atoms with van der Waals surface area (Å²) in [5.74, 6) is -0.318. The van der Waals surface area contributed by atoms with Crippen LogP contribution in [0.5, 0.6) is 11.5 Å². The number of benzene rings is 1. The van der Waals surface area contributed by atoms with E-state index >= 15 is 0 Å². The van der Waals surface area contributed by atoms with Gasteiger partial charge in [-0.2, -0.15) is 5.10 Å². The zero-order valence-corrected chi connectivity index (χ0v) is 14.3.